The Bertz CT molecular complexity index is 1240. The average molecular weight is 404 g/mol. The highest BCUT2D eigenvalue weighted by molar-refractivity contribution is 7.19. The van der Waals surface area contributed by atoms with Crippen molar-refractivity contribution in [1.29, 1.82) is 0 Å². The number of hydrogen-bond donors (Lipinski definition) is 0. The van der Waals surface area contributed by atoms with E-state index in [2.05, 4.69) is 10.1 Å². The summed E-state index contributed by atoms with van der Waals surface area (Å²) in [5.74, 6) is -0.230. The lowest BCUT2D eigenvalue weighted by Crippen LogP contribution is -2.35. The van der Waals surface area contributed by atoms with Gasteiger partial charge in [0.1, 0.15) is 12.2 Å². The van der Waals surface area contributed by atoms with Crippen LogP contribution in [0.5, 0.6) is 0 Å². The van der Waals surface area contributed by atoms with Gasteiger partial charge in [0.2, 0.25) is 5.91 Å². The number of hydrogen-bond acceptors (Lipinski definition) is 5. The van der Waals surface area contributed by atoms with E-state index in [4.69, 9.17) is 0 Å². The molecule has 4 rings (SSSR count). The molecule has 2 aromatic heterocycles. The zero-order valence-corrected chi connectivity index (χ0v) is 17.2. The number of thiazole rings is 1. The molecule has 0 bridgehead atoms. The first-order valence-corrected chi connectivity index (χ1v) is 10.0. The predicted octanol–water partition coefficient (Wildman–Crippen LogP) is 3.80. The van der Waals surface area contributed by atoms with Crippen molar-refractivity contribution in [3.8, 4) is 11.3 Å². The van der Waals surface area contributed by atoms with Gasteiger partial charge in [0.15, 0.2) is 5.52 Å². The van der Waals surface area contributed by atoms with Gasteiger partial charge < -0.3 is 4.90 Å². The smallest absolute Gasteiger partial charge is 0.294 e. The fourth-order valence-electron chi connectivity index (χ4n) is 3.10. The molecule has 146 valence electrons. The minimum atomic E-state index is -0.352. The second kappa shape index (κ2) is 7.60. The second-order valence-corrected chi connectivity index (χ2v) is 8.08. The van der Waals surface area contributed by atoms with Gasteiger partial charge in [-0.3, -0.25) is 9.59 Å². The van der Waals surface area contributed by atoms with Crippen molar-refractivity contribution in [3.05, 3.63) is 75.5 Å². The number of amides is 1. The maximum absolute atomic E-state index is 12.9. The van der Waals surface area contributed by atoms with E-state index in [1.165, 1.54) is 20.9 Å². The summed E-state index contributed by atoms with van der Waals surface area (Å²) in [6.07, 6.45) is 0. The summed E-state index contributed by atoms with van der Waals surface area (Å²) in [7, 11) is 1.69. The van der Waals surface area contributed by atoms with Gasteiger partial charge in [-0.15, -0.1) is 11.3 Å². The molecule has 2 aromatic carbocycles. The van der Waals surface area contributed by atoms with E-state index >= 15 is 0 Å². The van der Waals surface area contributed by atoms with Gasteiger partial charge in [0.25, 0.3) is 5.56 Å². The molecule has 7 heteroatoms. The van der Waals surface area contributed by atoms with Crippen molar-refractivity contribution < 1.29 is 4.79 Å². The van der Waals surface area contributed by atoms with E-state index in [-0.39, 0.29) is 18.0 Å². The lowest BCUT2D eigenvalue weighted by molar-refractivity contribution is -0.119. The summed E-state index contributed by atoms with van der Waals surface area (Å²) < 4.78 is 1.97. The van der Waals surface area contributed by atoms with E-state index in [0.29, 0.717) is 11.2 Å². The number of likely N-dealkylation sites (N-methyl/N-ethyl adjacent to an activating group) is 1. The average Bonchev–Trinajstić information content (AvgIpc) is 3.13. The standard InChI is InChI=1S/C22H20N4O2S/c1-14-9-11-16(12-10-14)19-21-20(23-15(2)29-21)22(28)26(24-19)13-18(27)25(3)17-7-5-4-6-8-17/h4-12H,13H2,1-3H3. The van der Waals surface area contributed by atoms with E-state index in [9.17, 15) is 9.59 Å². The van der Waals surface area contributed by atoms with Gasteiger partial charge in [-0.05, 0) is 26.0 Å². The molecule has 29 heavy (non-hydrogen) atoms. The van der Waals surface area contributed by atoms with Gasteiger partial charge in [-0.2, -0.15) is 5.10 Å². The molecule has 0 aliphatic heterocycles. The van der Waals surface area contributed by atoms with E-state index in [0.717, 1.165) is 26.5 Å². The van der Waals surface area contributed by atoms with E-state index < -0.39 is 0 Å². The Morgan fingerprint density at radius 3 is 2.45 bits per heavy atom. The summed E-state index contributed by atoms with van der Waals surface area (Å²) in [4.78, 5) is 31.7. The molecular formula is C22H20N4O2S. The maximum Gasteiger partial charge on any atom is 0.294 e. The molecule has 0 saturated carbocycles. The lowest BCUT2D eigenvalue weighted by atomic mass is 10.1. The first-order chi connectivity index (χ1) is 13.9. The molecule has 0 aliphatic carbocycles. The number of aromatic nitrogens is 3. The molecule has 0 aliphatic rings. The van der Waals surface area contributed by atoms with E-state index in [1.54, 1.807) is 7.05 Å². The monoisotopic (exact) mass is 404 g/mol. The van der Waals surface area contributed by atoms with Gasteiger partial charge in [-0.1, -0.05) is 48.0 Å². The van der Waals surface area contributed by atoms with Crippen LogP contribution in [-0.2, 0) is 11.3 Å². The molecule has 6 nitrogen and oxygen atoms in total. The van der Waals surface area contributed by atoms with Crippen molar-refractivity contribution in [1.82, 2.24) is 14.8 Å². The van der Waals surface area contributed by atoms with Crippen molar-refractivity contribution in [2.75, 3.05) is 11.9 Å². The molecule has 0 saturated heterocycles. The fraction of sp³-hybridized carbons (Fsp3) is 0.182. The first-order valence-electron chi connectivity index (χ1n) is 9.21. The van der Waals surface area contributed by atoms with Crippen molar-refractivity contribution >= 4 is 33.1 Å². The number of carbonyl (C=O) groups excluding carboxylic acids is 1. The zero-order valence-electron chi connectivity index (χ0n) is 16.4. The molecule has 1 amide bonds. The molecule has 0 unspecified atom stereocenters. The summed E-state index contributed by atoms with van der Waals surface area (Å²) in [6.45, 7) is 3.72. The number of nitrogens with zero attached hydrogens (tertiary/aromatic N) is 4. The first kappa shape index (κ1) is 19.0. The van der Waals surface area contributed by atoms with E-state index in [1.807, 2.05) is 68.4 Å². The SMILES string of the molecule is Cc1ccc(-c2nn(CC(=O)N(C)c3ccccc3)c(=O)c3nc(C)sc23)cc1. The molecule has 0 fully saturated rings. The van der Waals surface area contributed by atoms with Crippen molar-refractivity contribution in [2.24, 2.45) is 0 Å². The molecule has 0 spiro atoms. The van der Waals surface area contributed by atoms with Crippen molar-refractivity contribution in [2.45, 2.75) is 20.4 Å². The maximum atomic E-state index is 12.9. The Kier molecular flexibility index (Phi) is 4.98. The summed E-state index contributed by atoms with van der Waals surface area (Å²) in [5, 5.41) is 5.35. The third-order valence-electron chi connectivity index (χ3n) is 4.73. The zero-order chi connectivity index (χ0) is 20.5. The molecule has 0 radical (unpaired) electrons. The van der Waals surface area contributed by atoms with Gasteiger partial charge in [0.05, 0.1) is 9.71 Å². The molecule has 4 aromatic rings. The number of benzene rings is 2. The van der Waals surface area contributed by atoms with Crippen LogP contribution in [0.15, 0.2) is 59.4 Å². The third kappa shape index (κ3) is 3.69. The van der Waals surface area contributed by atoms with Crippen LogP contribution >= 0.6 is 11.3 Å². The Morgan fingerprint density at radius 2 is 1.76 bits per heavy atom. The lowest BCUT2D eigenvalue weighted by Gasteiger charge is -2.17. The highest BCUT2D eigenvalue weighted by Crippen LogP contribution is 2.29. The summed E-state index contributed by atoms with van der Waals surface area (Å²) in [5.41, 5.74) is 3.46. The Labute approximate surface area is 172 Å². The Morgan fingerprint density at radius 1 is 1.07 bits per heavy atom. The van der Waals surface area contributed by atoms with Crippen LogP contribution in [-0.4, -0.2) is 27.7 Å². The van der Waals surface area contributed by atoms with Crippen molar-refractivity contribution in [3.63, 3.8) is 0 Å². The minimum Gasteiger partial charge on any atom is -0.314 e. The topological polar surface area (TPSA) is 68.1 Å². The number of carbonyl (C=O) groups is 1. The number of para-hydroxylation sites is 1. The Hall–Kier alpha value is -3.32. The quantitative estimate of drug-likeness (QED) is 0.519. The molecule has 0 atom stereocenters. The van der Waals surface area contributed by atoms with Gasteiger partial charge in [-0.25, -0.2) is 9.67 Å². The molecule has 0 N–H and O–H groups in total. The van der Waals surface area contributed by atoms with Crippen LogP contribution in [0.3, 0.4) is 0 Å². The fourth-order valence-corrected chi connectivity index (χ4v) is 4.02. The van der Waals surface area contributed by atoms with Crippen LogP contribution in [0.25, 0.3) is 21.5 Å². The largest absolute Gasteiger partial charge is 0.314 e. The minimum absolute atomic E-state index is 0.157. The summed E-state index contributed by atoms with van der Waals surface area (Å²) >= 11 is 1.44. The number of fused-ring (bicyclic) bond motifs is 1. The number of rotatable bonds is 4. The summed E-state index contributed by atoms with van der Waals surface area (Å²) in [6, 6.07) is 17.3. The number of aryl methyl sites for hydroxylation is 2. The highest BCUT2D eigenvalue weighted by atomic mass is 32.1. The van der Waals surface area contributed by atoms with Crippen LogP contribution in [0, 0.1) is 13.8 Å². The number of anilines is 1. The highest BCUT2D eigenvalue weighted by Gasteiger charge is 2.19. The van der Waals surface area contributed by atoms with Crippen LogP contribution in [0.4, 0.5) is 5.69 Å². The second-order valence-electron chi connectivity index (χ2n) is 6.88. The Balaban J connectivity index is 1.78. The van der Waals surface area contributed by atoms with Crippen LogP contribution in [0.1, 0.15) is 10.6 Å². The predicted molar refractivity (Wildman–Crippen MR) is 116 cm³/mol. The molecular weight excluding hydrogens is 384 g/mol. The van der Waals surface area contributed by atoms with Gasteiger partial charge in [0, 0.05) is 18.3 Å². The van der Waals surface area contributed by atoms with Gasteiger partial charge >= 0.3 is 0 Å². The van der Waals surface area contributed by atoms with Crippen LogP contribution < -0.4 is 10.5 Å². The molecule has 2 heterocycles. The normalized spacial score (nSPS) is 11.0. The van der Waals surface area contributed by atoms with Crippen LogP contribution in [0.2, 0.25) is 0 Å². The third-order valence-corrected chi connectivity index (χ3v) is 5.71.